The van der Waals surface area contributed by atoms with E-state index in [2.05, 4.69) is 0 Å². The van der Waals surface area contributed by atoms with E-state index in [9.17, 15) is 14.4 Å². The molecule has 3 heteroatoms. The molecule has 2 aromatic rings. The van der Waals surface area contributed by atoms with Crippen LogP contribution in [0.25, 0.3) is 11.1 Å². The zero-order valence-electron chi connectivity index (χ0n) is 11.2. The Morgan fingerprint density at radius 3 is 1.80 bits per heavy atom. The summed E-state index contributed by atoms with van der Waals surface area (Å²) in [6.45, 7) is 2.92. The van der Waals surface area contributed by atoms with Crippen molar-refractivity contribution >= 4 is 17.3 Å². The SMILES string of the molecule is CC(=O)c1cccc2c1C(=O)c1cccc(C(C)=O)c1-2. The highest BCUT2D eigenvalue weighted by Crippen LogP contribution is 2.40. The molecule has 3 nitrogen and oxygen atoms in total. The molecule has 0 heterocycles. The summed E-state index contributed by atoms with van der Waals surface area (Å²) in [6, 6.07) is 10.3. The number of benzene rings is 2. The van der Waals surface area contributed by atoms with Crippen molar-refractivity contribution in [1.29, 1.82) is 0 Å². The van der Waals surface area contributed by atoms with Gasteiger partial charge in [-0.3, -0.25) is 14.4 Å². The number of hydrogen-bond acceptors (Lipinski definition) is 3. The molecule has 0 unspecified atom stereocenters. The molecular weight excluding hydrogens is 252 g/mol. The summed E-state index contributed by atoms with van der Waals surface area (Å²) >= 11 is 0. The maximum atomic E-state index is 12.5. The van der Waals surface area contributed by atoms with Gasteiger partial charge in [-0.15, -0.1) is 0 Å². The fourth-order valence-electron chi connectivity index (χ4n) is 2.76. The number of carbonyl (C=O) groups is 3. The van der Waals surface area contributed by atoms with E-state index in [0.29, 0.717) is 33.4 Å². The Hall–Kier alpha value is -2.55. The van der Waals surface area contributed by atoms with E-state index in [0.717, 1.165) is 0 Å². The van der Waals surface area contributed by atoms with Gasteiger partial charge in [0.2, 0.25) is 0 Å². The lowest BCUT2D eigenvalue weighted by atomic mass is 9.95. The molecule has 0 aromatic heterocycles. The average molecular weight is 264 g/mol. The first-order valence-electron chi connectivity index (χ1n) is 6.35. The summed E-state index contributed by atoms with van der Waals surface area (Å²) in [5, 5.41) is 0. The largest absolute Gasteiger partial charge is 0.294 e. The van der Waals surface area contributed by atoms with E-state index >= 15 is 0 Å². The first-order chi connectivity index (χ1) is 9.52. The van der Waals surface area contributed by atoms with Crippen LogP contribution in [0.5, 0.6) is 0 Å². The standard InChI is InChI=1S/C17H12O3/c1-9(18)11-5-4-8-14-15(11)13-7-3-6-12(10(2)19)16(13)17(14)20/h3-8H,1-2H3. The fraction of sp³-hybridized carbons (Fsp3) is 0.118. The Morgan fingerprint density at radius 2 is 1.25 bits per heavy atom. The van der Waals surface area contributed by atoms with Crippen molar-refractivity contribution in [2.45, 2.75) is 13.8 Å². The topological polar surface area (TPSA) is 51.2 Å². The third-order valence-corrected chi connectivity index (χ3v) is 3.63. The van der Waals surface area contributed by atoms with E-state index < -0.39 is 0 Å². The van der Waals surface area contributed by atoms with Crippen molar-refractivity contribution < 1.29 is 14.4 Å². The van der Waals surface area contributed by atoms with Crippen LogP contribution in [0, 0.1) is 0 Å². The number of fused-ring (bicyclic) bond motifs is 3. The van der Waals surface area contributed by atoms with E-state index in [1.807, 2.05) is 0 Å². The third-order valence-electron chi connectivity index (χ3n) is 3.63. The van der Waals surface area contributed by atoms with Crippen LogP contribution < -0.4 is 0 Å². The predicted molar refractivity (Wildman–Crippen MR) is 75.3 cm³/mol. The van der Waals surface area contributed by atoms with Gasteiger partial charge in [0, 0.05) is 27.8 Å². The van der Waals surface area contributed by atoms with Crippen molar-refractivity contribution in [2.75, 3.05) is 0 Å². The quantitative estimate of drug-likeness (QED) is 0.667. The Morgan fingerprint density at radius 1 is 0.750 bits per heavy atom. The first-order valence-corrected chi connectivity index (χ1v) is 6.35. The molecule has 1 aliphatic carbocycles. The molecule has 0 saturated heterocycles. The van der Waals surface area contributed by atoms with Crippen LogP contribution in [0.1, 0.15) is 50.5 Å². The van der Waals surface area contributed by atoms with Crippen molar-refractivity contribution in [2.24, 2.45) is 0 Å². The highest BCUT2D eigenvalue weighted by molar-refractivity contribution is 6.27. The molecule has 2 aromatic carbocycles. The molecule has 0 atom stereocenters. The highest BCUT2D eigenvalue weighted by atomic mass is 16.1. The van der Waals surface area contributed by atoms with Crippen LogP contribution in [0.4, 0.5) is 0 Å². The Balaban J connectivity index is 2.41. The number of rotatable bonds is 2. The summed E-state index contributed by atoms with van der Waals surface area (Å²) in [4.78, 5) is 36.0. The van der Waals surface area contributed by atoms with Crippen LogP contribution in [0.2, 0.25) is 0 Å². The molecule has 3 rings (SSSR count). The Labute approximate surface area is 116 Å². The van der Waals surface area contributed by atoms with Crippen LogP contribution >= 0.6 is 0 Å². The number of ketones is 3. The lowest BCUT2D eigenvalue weighted by Crippen LogP contribution is -2.04. The second-order valence-corrected chi connectivity index (χ2v) is 4.90. The molecule has 0 amide bonds. The lowest BCUT2D eigenvalue weighted by molar-refractivity contribution is 0.0991. The molecule has 0 radical (unpaired) electrons. The van der Waals surface area contributed by atoms with E-state index in [-0.39, 0.29) is 17.3 Å². The van der Waals surface area contributed by atoms with Crippen molar-refractivity contribution in [3.05, 3.63) is 58.7 Å². The number of hydrogen-bond donors (Lipinski definition) is 0. The molecule has 0 bridgehead atoms. The molecule has 0 spiro atoms. The first kappa shape index (κ1) is 12.5. The van der Waals surface area contributed by atoms with Crippen molar-refractivity contribution in [1.82, 2.24) is 0 Å². The Kier molecular flexibility index (Phi) is 2.64. The van der Waals surface area contributed by atoms with E-state index in [1.165, 1.54) is 13.8 Å². The maximum absolute atomic E-state index is 12.5. The molecule has 0 aliphatic heterocycles. The van der Waals surface area contributed by atoms with Crippen LogP contribution in [-0.2, 0) is 0 Å². The summed E-state index contributed by atoms with van der Waals surface area (Å²) < 4.78 is 0. The average Bonchev–Trinajstić information content (AvgIpc) is 2.72. The van der Waals surface area contributed by atoms with Gasteiger partial charge in [-0.1, -0.05) is 36.4 Å². The van der Waals surface area contributed by atoms with Gasteiger partial charge < -0.3 is 0 Å². The molecule has 98 valence electrons. The normalized spacial score (nSPS) is 12.0. The van der Waals surface area contributed by atoms with Gasteiger partial charge in [-0.2, -0.15) is 0 Å². The van der Waals surface area contributed by atoms with Gasteiger partial charge in [0.25, 0.3) is 0 Å². The number of carbonyl (C=O) groups excluding carboxylic acids is 3. The Bertz CT molecular complexity index is 785. The van der Waals surface area contributed by atoms with Gasteiger partial charge in [0.05, 0.1) is 0 Å². The zero-order valence-corrected chi connectivity index (χ0v) is 11.2. The fourth-order valence-corrected chi connectivity index (χ4v) is 2.76. The highest BCUT2D eigenvalue weighted by Gasteiger charge is 2.32. The molecule has 0 N–H and O–H groups in total. The van der Waals surface area contributed by atoms with Gasteiger partial charge in [-0.05, 0) is 19.4 Å². The second kappa shape index (κ2) is 4.23. The van der Waals surface area contributed by atoms with Crippen LogP contribution in [0.15, 0.2) is 36.4 Å². The summed E-state index contributed by atoms with van der Waals surface area (Å²) in [5.74, 6) is -0.410. The van der Waals surface area contributed by atoms with Gasteiger partial charge in [0.1, 0.15) is 0 Å². The second-order valence-electron chi connectivity index (χ2n) is 4.90. The molecule has 20 heavy (non-hydrogen) atoms. The van der Waals surface area contributed by atoms with Gasteiger partial charge in [0.15, 0.2) is 17.3 Å². The van der Waals surface area contributed by atoms with Crippen LogP contribution in [-0.4, -0.2) is 17.3 Å². The van der Waals surface area contributed by atoms with Gasteiger partial charge in [-0.25, -0.2) is 0 Å². The monoisotopic (exact) mass is 264 g/mol. The van der Waals surface area contributed by atoms with E-state index in [4.69, 9.17) is 0 Å². The minimum atomic E-state index is -0.177. The summed E-state index contributed by atoms with van der Waals surface area (Å²) in [5.41, 5.74) is 3.20. The maximum Gasteiger partial charge on any atom is 0.195 e. The van der Waals surface area contributed by atoms with Crippen molar-refractivity contribution in [3.8, 4) is 11.1 Å². The summed E-state index contributed by atoms with van der Waals surface area (Å²) in [7, 11) is 0. The molecule has 1 aliphatic rings. The minimum absolute atomic E-state index is 0.0873. The third kappa shape index (κ3) is 1.56. The van der Waals surface area contributed by atoms with Gasteiger partial charge >= 0.3 is 0 Å². The molecular formula is C17H12O3. The predicted octanol–water partition coefficient (Wildman–Crippen LogP) is 3.30. The lowest BCUT2D eigenvalue weighted by Gasteiger charge is -2.06. The summed E-state index contributed by atoms with van der Waals surface area (Å²) in [6.07, 6.45) is 0. The van der Waals surface area contributed by atoms with Crippen molar-refractivity contribution in [3.63, 3.8) is 0 Å². The molecule has 0 saturated carbocycles. The minimum Gasteiger partial charge on any atom is -0.294 e. The smallest absolute Gasteiger partial charge is 0.195 e. The number of Topliss-reactive ketones (excluding diaryl/α,β-unsaturated/α-hetero) is 2. The van der Waals surface area contributed by atoms with Crippen LogP contribution in [0.3, 0.4) is 0 Å². The zero-order chi connectivity index (χ0) is 14.4. The van der Waals surface area contributed by atoms with E-state index in [1.54, 1.807) is 36.4 Å². The molecule has 0 fully saturated rings.